The molecule has 1 atom stereocenters. The molecular weight excluding hydrogens is 889 g/mol. The van der Waals surface area contributed by atoms with Crippen molar-refractivity contribution >= 4 is 17.9 Å². The predicted octanol–water partition coefficient (Wildman–Crippen LogP) is 20.9. The maximum Gasteiger partial charge on any atom is 0.306 e. The molecule has 0 amide bonds. The van der Waals surface area contributed by atoms with E-state index >= 15 is 0 Å². The molecule has 0 aliphatic carbocycles. The van der Waals surface area contributed by atoms with Crippen molar-refractivity contribution in [3.05, 3.63) is 72.9 Å². The number of esters is 3. The van der Waals surface area contributed by atoms with Gasteiger partial charge in [-0.25, -0.2) is 0 Å². The average molecular weight is 1010 g/mol. The smallest absolute Gasteiger partial charge is 0.306 e. The largest absolute Gasteiger partial charge is 0.462 e. The van der Waals surface area contributed by atoms with Crippen LogP contribution >= 0.6 is 0 Å². The van der Waals surface area contributed by atoms with E-state index < -0.39 is 6.10 Å². The lowest BCUT2D eigenvalue weighted by molar-refractivity contribution is -0.167. The Labute approximate surface area is 446 Å². The first kappa shape index (κ1) is 68.8. The van der Waals surface area contributed by atoms with Gasteiger partial charge in [0.05, 0.1) is 0 Å². The Morgan fingerprint density at radius 3 is 0.861 bits per heavy atom. The first-order valence-electron chi connectivity index (χ1n) is 30.9. The summed E-state index contributed by atoms with van der Waals surface area (Å²) in [6.45, 7) is 6.53. The molecule has 0 fully saturated rings. The zero-order valence-corrected chi connectivity index (χ0v) is 47.7. The van der Waals surface area contributed by atoms with Crippen molar-refractivity contribution in [2.75, 3.05) is 13.2 Å². The van der Waals surface area contributed by atoms with Crippen molar-refractivity contribution in [3.8, 4) is 0 Å². The first-order chi connectivity index (χ1) is 35.5. The SMILES string of the molecule is CC/C=C\C/C=C\C/C=C\C/C=C\CCCCCCCCCCC(=O)OCC(COC(=O)CCCCCCCCCCCCCCCCC)OC(=O)CCCCCCCCC/C=C\C/C=C\CCCCCC. The molecule has 6 heteroatoms. The molecule has 0 aliphatic heterocycles. The highest BCUT2D eigenvalue weighted by molar-refractivity contribution is 5.71. The Morgan fingerprint density at radius 2 is 0.542 bits per heavy atom. The first-order valence-corrected chi connectivity index (χ1v) is 30.9. The summed E-state index contributed by atoms with van der Waals surface area (Å²) in [5.41, 5.74) is 0. The Morgan fingerprint density at radius 1 is 0.292 bits per heavy atom. The van der Waals surface area contributed by atoms with Crippen LogP contribution in [0, 0.1) is 0 Å². The van der Waals surface area contributed by atoms with E-state index in [1.54, 1.807) is 0 Å². The highest BCUT2D eigenvalue weighted by atomic mass is 16.6. The maximum absolute atomic E-state index is 12.9. The van der Waals surface area contributed by atoms with Gasteiger partial charge in [0.2, 0.25) is 0 Å². The molecule has 1 unspecified atom stereocenters. The fraction of sp³-hybridized carbons (Fsp3) is 0.773. The molecule has 0 saturated carbocycles. The van der Waals surface area contributed by atoms with Crippen LogP contribution in [0.15, 0.2) is 72.9 Å². The predicted molar refractivity (Wildman–Crippen MR) is 311 cm³/mol. The highest BCUT2D eigenvalue weighted by Crippen LogP contribution is 2.16. The second-order valence-corrected chi connectivity index (χ2v) is 20.6. The molecule has 0 N–H and O–H groups in total. The van der Waals surface area contributed by atoms with Gasteiger partial charge in [0.25, 0.3) is 0 Å². The van der Waals surface area contributed by atoms with E-state index in [0.717, 1.165) is 103 Å². The van der Waals surface area contributed by atoms with Crippen molar-refractivity contribution < 1.29 is 28.6 Å². The van der Waals surface area contributed by atoms with Crippen LogP contribution in [0.1, 0.15) is 310 Å². The molecule has 416 valence electrons. The third kappa shape index (κ3) is 57.7. The second kappa shape index (κ2) is 60.4. The second-order valence-electron chi connectivity index (χ2n) is 20.6. The van der Waals surface area contributed by atoms with E-state index in [4.69, 9.17) is 14.2 Å². The molecule has 0 spiro atoms. The summed E-state index contributed by atoms with van der Waals surface area (Å²) >= 11 is 0. The van der Waals surface area contributed by atoms with E-state index in [2.05, 4.69) is 93.7 Å². The molecule has 0 rings (SSSR count). The topological polar surface area (TPSA) is 78.9 Å². The van der Waals surface area contributed by atoms with E-state index in [1.807, 2.05) is 0 Å². The Hall–Kier alpha value is -3.15. The van der Waals surface area contributed by atoms with Crippen LogP contribution in [0.2, 0.25) is 0 Å². The van der Waals surface area contributed by atoms with Crippen LogP contribution in [0.5, 0.6) is 0 Å². The van der Waals surface area contributed by atoms with E-state index in [0.29, 0.717) is 19.3 Å². The molecule has 0 aromatic rings. The van der Waals surface area contributed by atoms with E-state index in [-0.39, 0.29) is 31.1 Å². The van der Waals surface area contributed by atoms with Crippen molar-refractivity contribution in [2.24, 2.45) is 0 Å². The molecule has 0 radical (unpaired) electrons. The van der Waals surface area contributed by atoms with Crippen molar-refractivity contribution in [1.29, 1.82) is 0 Å². The van der Waals surface area contributed by atoms with Gasteiger partial charge in [-0.05, 0) is 89.9 Å². The lowest BCUT2D eigenvalue weighted by Crippen LogP contribution is -2.30. The molecule has 0 heterocycles. The van der Waals surface area contributed by atoms with E-state index in [1.165, 1.54) is 167 Å². The van der Waals surface area contributed by atoms with Crippen LogP contribution < -0.4 is 0 Å². The lowest BCUT2D eigenvalue weighted by atomic mass is 10.0. The zero-order valence-electron chi connectivity index (χ0n) is 47.7. The third-order valence-electron chi connectivity index (χ3n) is 13.4. The summed E-state index contributed by atoms with van der Waals surface area (Å²) in [4.78, 5) is 38.3. The van der Waals surface area contributed by atoms with Gasteiger partial charge in [0.1, 0.15) is 13.2 Å². The van der Waals surface area contributed by atoms with Gasteiger partial charge in [-0.15, -0.1) is 0 Å². The number of rotatable bonds is 56. The summed E-state index contributed by atoms with van der Waals surface area (Å²) < 4.78 is 16.9. The number of ether oxygens (including phenoxy) is 3. The summed E-state index contributed by atoms with van der Waals surface area (Å²) in [6, 6.07) is 0. The average Bonchev–Trinajstić information content (AvgIpc) is 3.38. The number of hydrogen-bond donors (Lipinski definition) is 0. The fourth-order valence-electron chi connectivity index (χ4n) is 8.82. The van der Waals surface area contributed by atoms with E-state index in [9.17, 15) is 14.4 Å². The molecule has 0 aromatic carbocycles. The summed E-state index contributed by atoms with van der Waals surface area (Å²) in [5, 5.41) is 0. The number of carbonyl (C=O) groups excluding carboxylic acids is 3. The standard InChI is InChI=1S/C66H116O6/c1-4-7-10-13-16-19-22-25-28-30-32-33-34-36-38-41-44-47-50-53-56-59-65(68)71-62-63(61-70-64(67)58-55-52-49-46-43-40-37-27-24-21-18-15-12-9-6-3)72-66(69)60-57-54-51-48-45-42-39-35-31-29-26-23-20-17-14-11-8-5-2/h7,10,16,19-20,23,25,28-29,31-33,63H,4-6,8-9,11-15,17-18,21-22,24,26-27,30,34-62H2,1-3H3/b10-7-,19-16-,23-20-,28-25-,31-29-,33-32-. The van der Waals surface area contributed by atoms with Gasteiger partial charge < -0.3 is 14.2 Å². The quantitative estimate of drug-likeness (QED) is 0.0261. The van der Waals surface area contributed by atoms with Crippen LogP contribution in [0.3, 0.4) is 0 Å². The van der Waals surface area contributed by atoms with Crippen molar-refractivity contribution in [1.82, 2.24) is 0 Å². The fourth-order valence-corrected chi connectivity index (χ4v) is 8.82. The Bertz CT molecular complexity index is 1340. The minimum atomic E-state index is -0.782. The van der Waals surface area contributed by atoms with Crippen LogP contribution in [0.25, 0.3) is 0 Å². The van der Waals surface area contributed by atoms with Gasteiger partial charge in [0.15, 0.2) is 6.10 Å². The summed E-state index contributed by atoms with van der Waals surface area (Å²) in [6.07, 6.45) is 77.5. The third-order valence-corrected chi connectivity index (χ3v) is 13.4. The lowest BCUT2D eigenvalue weighted by Gasteiger charge is -2.18. The van der Waals surface area contributed by atoms with Crippen LogP contribution in [0.4, 0.5) is 0 Å². The van der Waals surface area contributed by atoms with Crippen molar-refractivity contribution in [3.63, 3.8) is 0 Å². The van der Waals surface area contributed by atoms with Gasteiger partial charge in [-0.2, -0.15) is 0 Å². The monoisotopic (exact) mass is 1000 g/mol. The summed E-state index contributed by atoms with van der Waals surface area (Å²) in [7, 11) is 0. The van der Waals surface area contributed by atoms with Gasteiger partial charge in [0, 0.05) is 19.3 Å². The maximum atomic E-state index is 12.9. The molecule has 0 aromatic heterocycles. The van der Waals surface area contributed by atoms with Gasteiger partial charge in [-0.3, -0.25) is 14.4 Å². The number of unbranched alkanes of at least 4 members (excludes halogenated alkanes) is 33. The number of hydrogen-bond acceptors (Lipinski definition) is 6. The Balaban J connectivity index is 4.38. The molecule has 0 aliphatic rings. The Kier molecular flexibility index (Phi) is 57.8. The zero-order chi connectivity index (χ0) is 52.2. The molecule has 0 bridgehead atoms. The number of carbonyl (C=O) groups is 3. The molecule has 72 heavy (non-hydrogen) atoms. The molecule has 6 nitrogen and oxygen atoms in total. The van der Waals surface area contributed by atoms with Crippen LogP contribution in [-0.2, 0) is 28.6 Å². The minimum Gasteiger partial charge on any atom is -0.462 e. The number of allylic oxidation sites excluding steroid dienone is 12. The summed E-state index contributed by atoms with van der Waals surface area (Å²) in [5.74, 6) is -0.880. The van der Waals surface area contributed by atoms with Gasteiger partial charge >= 0.3 is 17.9 Å². The minimum absolute atomic E-state index is 0.0783. The molecule has 0 saturated heterocycles. The highest BCUT2D eigenvalue weighted by Gasteiger charge is 2.19. The normalized spacial score (nSPS) is 12.5. The molecular formula is C66H116O6. The van der Waals surface area contributed by atoms with Gasteiger partial charge in [-0.1, -0.05) is 273 Å². The van der Waals surface area contributed by atoms with Crippen LogP contribution in [-0.4, -0.2) is 37.2 Å². The van der Waals surface area contributed by atoms with Crippen molar-refractivity contribution in [2.45, 2.75) is 316 Å².